The van der Waals surface area contributed by atoms with Gasteiger partial charge in [-0.3, -0.25) is 0 Å². The van der Waals surface area contributed by atoms with Crippen molar-refractivity contribution in [3.63, 3.8) is 0 Å². The molecule has 0 saturated heterocycles. The summed E-state index contributed by atoms with van der Waals surface area (Å²) in [5.41, 5.74) is 0.534. The lowest BCUT2D eigenvalue weighted by Gasteiger charge is -2.06. The maximum atomic E-state index is 13.0. The Labute approximate surface area is 105 Å². The van der Waals surface area contributed by atoms with E-state index in [-0.39, 0.29) is 11.5 Å². The zero-order valence-electron chi connectivity index (χ0n) is 9.46. The van der Waals surface area contributed by atoms with E-state index in [1.54, 1.807) is 0 Å². The number of alkyl halides is 2. The highest BCUT2D eigenvalue weighted by atomic mass is 19.3. The third kappa shape index (κ3) is 2.03. The minimum atomic E-state index is -2.70. The quantitative estimate of drug-likeness (QED) is 0.714. The lowest BCUT2D eigenvalue weighted by Crippen LogP contribution is -2.02. The summed E-state index contributed by atoms with van der Waals surface area (Å²) >= 11 is 0. The van der Waals surface area contributed by atoms with Crippen molar-refractivity contribution < 1.29 is 13.2 Å². The summed E-state index contributed by atoms with van der Waals surface area (Å²) in [6, 6.07) is 6.65. The molecule has 0 aliphatic carbocycles. The SMILES string of the molecule is Fc1ccc(-c2cc(C(F)F)n3ncnc3n2)cc1. The van der Waals surface area contributed by atoms with Crippen LogP contribution in [0.25, 0.3) is 17.0 Å². The molecule has 0 aliphatic heterocycles. The van der Waals surface area contributed by atoms with Crippen LogP contribution >= 0.6 is 0 Å². The smallest absolute Gasteiger partial charge is 0.211 e. The fourth-order valence-electron chi connectivity index (χ4n) is 1.76. The van der Waals surface area contributed by atoms with Gasteiger partial charge in [-0.25, -0.2) is 18.2 Å². The molecule has 19 heavy (non-hydrogen) atoms. The van der Waals surface area contributed by atoms with Crippen molar-refractivity contribution in [2.24, 2.45) is 0 Å². The van der Waals surface area contributed by atoms with Crippen LogP contribution < -0.4 is 0 Å². The minimum absolute atomic E-state index is 0.0807. The Balaban J connectivity index is 2.21. The maximum absolute atomic E-state index is 13.0. The zero-order chi connectivity index (χ0) is 13.4. The highest BCUT2D eigenvalue weighted by Crippen LogP contribution is 2.24. The van der Waals surface area contributed by atoms with Crippen molar-refractivity contribution in [2.75, 3.05) is 0 Å². The second kappa shape index (κ2) is 4.34. The topological polar surface area (TPSA) is 43.1 Å². The molecule has 0 fully saturated rings. The van der Waals surface area contributed by atoms with E-state index in [0.29, 0.717) is 11.3 Å². The Hall–Kier alpha value is -2.44. The van der Waals surface area contributed by atoms with Crippen molar-refractivity contribution in [3.8, 4) is 11.3 Å². The first kappa shape index (κ1) is 11.6. The Morgan fingerprint density at radius 3 is 2.53 bits per heavy atom. The molecule has 1 aromatic carbocycles. The Kier molecular flexibility index (Phi) is 2.66. The second-order valence-corrected chi connectivity index (χ2v) is 3.85. The molecule has 0 saturated carbocycles. The molecule has 2 aromatic heterocycles. The summed E-state index contributed by atoms with van der Waals surface area (Å²) in [6.07, 6.45) is -1.55. The first-order valence-corrected chi connectivity index (χ1v) is 5.40. The van der Waals surface area contributed by atoms with E-state index in [2.05, 4.69) is 15.1 Å². The van der Waals surface area contributed by atoms with Gasteiger partial charge in [-0.05, 0) is 30.3 Å². The first-order chi connectivity index (χ1) is 9.15. The maximum Gasteiger partial charge on any atom is 0.280 e. The molecule has 0 amide bonds. The zero-order valence-corrected chi connectivity index (χ0v) is 9.46. The van der Waals surface area contributed by atoms with Gasteiger partial charge in [0.15, 0.2) is 0 Å². The van der Waals surface area contributed by atoms with E-state index >= 15 is 0 Å². The first-order valence-electron chi connectivity index (χ1n) is 5.40. The molecule has 0 unspecified atom stereocenters. The molecule has 96 valence electrons. The Morgan fingerprint density at radius 2 is 1.84 bits per heavy atom. The van der Waals surface area contributed by atoms with Gasteiger partial charge in [-0.15, -0.1) is 0 Å². The molecule has 0 spiro atoms. The summed E-state index contributed by atoms with van der Waals surface area (Å²) in [5.74, 6) is -0.321. The molecule has 7 heteroatoms. The average molecular weight is 264 g/mol. The lowest BCUT2D eigenvalue weighted by atomic mass is 10.1. The summed E-state index contributed by atoms with van der Waals surface area (Å²) in [5, 5.41) is 3.69. The van der Waals surface area contributed by atoms with E-state index in [9.17, 15) is 13.2 Å². The number of hydrogen-bond donors (Lipinski definition) is 0. The largest absolute Gasteiger partial charge is 0.280 e. The van der Waals surface area contributed by atoms with Gasteiger partial charge in [0.25, 0.3) is 12.2 Å². The summed E-state index contributed by atoms with van der Waals surface area (Å²) in [4.78, 5) is 7.91. The Bertz CT molecular complexity index is 721. The van der Waals surface area contributed by atoms with E-state index in [4.69, 9.17) is 0 Å². The molecule has 3 rings (SSSR count). The van der Waals surface area contributed by atoms with Crippen molar-refractivity contribution in [3.05, 3.63) is 48.2 Å². The van der Waals surface area contributed by atoms with Crippen LogP contribution in [0, 0.1) is 5.82 Å². The van der Waals surface area contributed by atoms with Crippen LogP contribution in [-0.2, 0) is 0 Å². The van der Waals surface area contributed by atoms with Crippen molar-refractivity contribution in [1.82, 2.24) is 19.6 Å². The van der Waals surface area contributed by atoms with Crippen LogP contribution in [0.5, 0.6) is 0 Å². The highest BCUT2D eigenvalue weighted by Gasteiger charge is 2.16. The van der Waals surface area contributed by atoms with E-state index in [1.807, 2.05) is 0 Å². The normalized spacial score (nSPS) is 11.4. The molecule has 3 aromatic rings. The number of aromatic nitrogens is 4. The third-order valence-electron chi connectivity index (χ3n) is 2.64. The molecule has 0 N–H and O–H groups in total. The van der Waals surface area contributed by atoms with Crippen molar-refractivity contribution in [1.29, 1.82) is 0 Å². The number of benzene rings is 1. The predicted molar refractivity (Wildman–Crippen MR) is 61.1 cm³/mol. The fraction of sp³-hybridized carbons (Fsp3) is 0.0833. The molecule has 0 atom stereocenters. The van der Waals surface area contributed by atoms with Gasteiger partial charge < -0.3 is 0 Å². The Morgan fingerprint density at radius 1 is 1.11 bits per heavy atom. The fourth-order valence-corrected chi connectivity index (χ4v) is 1.76. The van der Waals surface area contributed by atoms with Crippen LogP contribution in [0.2, 0.25) is 0 Å². The van der Waals surface area contributed by atoms with E-state index < -0.39 is 12.2 Å². The van der Waals surface area contributed by atoms with Gasteiger partial charge in [0.2, 0.25) is 0 Å². The number of halogens is 3. The molecule has 2 heterocycles. The predicted octanol–water partition coefficient (Wildman–Crippen LogP) is 2.87. The van der Waals surface area contributed by atoms with Gasteiger partial charge in [0.05, 0.1) is 5.69 Å². The summed E-state index contributed by atoms with van der Waals surface area (Å²) in [6.45, 7) is 0. The monoisotopic (exact) mass is 264 g/mol. The van der Waals surface area contributed by atoms with Gasteiger partial charge in [-0.2, -0.15) is 14.6 Å². The van der Waals surface area contributed by atoms with Crippen LogP contribution in [0.1, 0.15) is 12.1 Å². The van der Waals surface area contributed by atoms with Crippen molar-refractivity contribution >= 4 is 5.78 Å². The molecule has 0 radical (unpaired) electrons. The minimum Gasteiger partial charge on any atom is -0.211 e. The lowest BCUT2D eigenvalue weighted by molar-refractivity contribution is 0.143. The average Bonchev–Trinajstić information content (AvgIpc) is 2.86. The van der Waals surface area contributed by atoms with Crippen LogP contribution in [-0.4, -0.2) is 19.6 Å². The van der Waals surface area contributed by atoms with Gasteiger partial charge in [0.1, 0.15) is 17.8 Å². The summed E-state index contributed by atoms with van der Waals surface area (Å²) in [7, 11) is 0. The van der Waals surface area contributed by atoms with Crippen LogP contribution in [0.15, 0.2) is 36.7 Å². The van der Waals surface area contributed by atoms with Gasteiger partial charge in [0, 0.05) is 5.56 Å². The molecule has 0 bridgehead atoms. The standard InChI is InChI=1S/C12H7F3N4/c13-8-3-1-7(2-4-8)9-5-10(11(14)15)19-12(18-9)16-6-17-19/h1-6,11H. The third-order valence-corrected chi connectivity index (χ3v) is 2.64. The molecular formula is C12H7F3N4. The number of nitrogens with zero attached hydrogens (tertiary/aromatic N) is 4. The number of hydrogen-bond acceptors (Lipinski definition) is 3. The highest BCUT2D eigenvalue weighted by molar-refractivity contribution is 5.61. The van der Waals surface area contributed by atoms with Gasteiger partial charge in [-0.1, -0.05) is 0 Å². The molecular weight excluding hydrogens is 257 g/mol. The molecule has 4 nitrogen and oxygen atoms in total. The van der Waals surface area contributed by atoms with Crippen LogP contribution in [0.3, 0.4) is 0 Å². The number of rotatable bonds is 2. The molecule has 0 aliphatic rings. The van der Waals surface area contributed by atoms with E-state index in [0.717, 1.165) is 10.8 Å². The van der Waals surface area contributed by atoms with Crippen LogP contribution in [0.4, 0.5) is 13.2 Å². The second-order valence-electron chi connectivity index (χ2n) is 3.85. The van der Waals surface area contributed by atoms with E-state index in [1.165, 1.54) is 30.3 Å². The van der Waals surface area contributed by atoms with Crippen molar-refractivity contribution in [2.45, 2.75) is 6.43 Å². The number of fused-ring (bicyclic) bond motifs is 1. The summed E-state index contributed by atoms with van der Waals surface area (Å²) < 4.78 is 39.7. The van der Waals surface area contributed by atoms with Gasteiger partial charge >= 0.3 is 0 Å².